The molecule has 0 aliphatic rings. The van der Waals surface area contributed by atoms with Gasteiger partial charge in [-0.15, -0.1) is 10.2 Å². The van der Waals surface area contributed by atoms with Gasteiger partial charge in [-0.3, -0.25) is 4.79 Å². The number of halogens is 1. The third-order valence-corrected chi connectivity index (χ3v) is 3.07. The number of carbonyl (C=O) groups excluding carboxylic acids is 1. The molecule has 0 fully saturated rings. The van der Waals surface area contributed by atoms with Crippen LogP contribution in [0.15, 0.2) is 28.7 Å². The Bertz CT molecular complexity index is 535. The number of nitrogens with one attached hydrogen (secondary N) is 2. The number of tetrazole rings is 1. The van der Waals surface area contributed by atoms with E-state index in [1.807, 2.05) is 38.1 Å². The van der Waals surface area contributed by atoms with Gasteiger partial charge >= 0.3 is 0 Å². The minimum Gasteiger partial charge on any atom is -0.340 e. The van der Waals surface area contributed by atoms with Gasteiger partial charge in [-0.05, 0) is 36.8 Å². The number of nitrogens with zero attached hydrogens (tertiary/aromatic N) is 3. The maximum absolute atomic E-state index is 11.9. The van der Waals surface area contributed by atoms with Gasteiger partial charge in [0.15, 0.2) is 0 Å². The van der Waals surface area contributed by atoms with Crippen molar-refractivity contribution in [2.24, 2.45) is 0 Å². The van der Waals surface area contributed by atoms with E-state index in [2.05, 4.69) is 41.9 Å². The number of H-pyrrole nitrogens is 1. The highest BCUT2D eigenvalue weighted by molar-refractivity contribution is 9.10. The van der Waals surface area contributed by atoms with E-state index >= 15 is 0 Å². The van der Waals surface area contributed by atoms with Crippen LogP contribution in [0, 0.1) is 0 Å². The molecule has 2 N–H and O–H groups in total. The fourth-order valence-electron chi connectivity index (χ4n) is 1.54. The van der Waals surface area contributed by atoms with E-state index in [1.54, 1.807) is 0 Å². The number of carbonyl (C=O) groups is 1. The zero-order chi connectivity index (χ0) is 13.2. The third-order valence-electron chi connectivity index (χ3n) is 2.54. The average molecular weight is 310 g/mol. The van der Waals surface area contributed by atoms with E-state index in [1.165, 1.54) is 0 Å². The van der Waals surface area contributed by atoms with Crippen molar-refractivity contribution in [3.8, 4) is 0 Å². The maximum Gasteiger partial charge on any atom is 0.293 e. The number of hydrogen-bond acceptors (Lipinski definition) is 4. The first-order chi connectivity index (χ1) is 8.49. The summed E-state index contributed by atoms with van der Waals surface area (Å²) in [5, 5.41) is 15.7. The number of benzene rings is 1. The number of hydrogen-bond donors (Lipinski definition) is 2. The first-order valence-electron chi connectivity index (χ1n) is 5.31. The van der Waals surface area contributed by atoms with Crippen LogP contribution in [0.1, 0.15) is 30.0 Å². The minimum absolute atomic E-state index is 0.0280. The zero-order valence-corrected chi connectivity index (χ0v) is 11.5. The molecule has 94 valence electrons. The quantitative estimate of drug-likeness (QED) is 0.902. The summed E-state index contributed by atoms with van der Waals surface area (Å²) in [6, 6.07) is 7.75. The molecular formula is C11H12BrN5O. The molecule has 0 spiro atoms. The second kappa shape index (κ2) is 4.85. The molecule has 6 nitrogen and oxygen atoms in total. The predicted molar refractivity (Wildman–Crippen MR) is 68.8 cm³/mol. The smallest absolute Gasteiger partial charge is 0.293 e. The first-order valence-corrected chi connectivity index (χ1v) is 6.10. The minimum atomic E-state index is -0.515. The van der Waals surface area contributed by atoms with Gasteiger partial charge in [0.2, 0.25) is 0 Å². The van der Waals surface area contributed by atoms with Crippen LogP contribution in [0.4, 0.5) is 0 Å². The average Bonchev–Trinajstić information content (AvgIpc) is 2.82. The van der Waals surface area contributed by atoms with Crippen molar-refractivity contribution in [3.05, 3.63) is 40.1 Å². The number of aromatic amines is 1. The second-order valence-corrected chi connectivity index (χ2v) is 5.24. The SMILES string of the molecule is CC(C)(NC(=O)c1nn[nH]n1)c1ccc(Br)cc1. The van der Waals surface area contributed by atoms with Crippen LogP contribution in [-0.4, -0.2) is 26.5 Å². The topological polar surface area (TPSA) is 83.6 Å². The number of rotatable bonds is 3. The molecule has 18 heavy (non-hydrogen) atoms. The lowest BCUT2D eigenvalue weighted by atomic mass is 9.94. The van der Waals surface area contributed by atoms with Crippen LogP contribution in [-0.2, 0) is 5.54 Å². The molecule has 0 saturated carbocycles. The molecule has 2 aromatic rings. The van der Waals surface area contributed by atoms with Gasteiger partial charge in [-0.2, -0.15) is 5.21 Å². The summed E-state index contributed by atoms with van der Waals surface area (Å²) in [5.74, 6) is -0.336. The van der Waals surface area contributed by atoms with Crippen LogP contribution in [0.5, 0.6) is 0 Å². The normalized spacial score (nSPS) is 11.3. The second-order valence-electron chi connectivity index (χ2n) is 4.32. The summed E-state index contributed by atoms with van der Waals surface area (Å²) < 4.78 is 0.992. The summed E-state index contributed by atoms with van der Waals surface area (Å²) in [6.45, 7) is 3.82. The molecule has 1 aromatic carbocycles. The molecule has 1 heterocycles. The summed E-state index contributed by atoms with van der Waals surface area (Å²) in [7, 11) is 0. The Morgan fingerprint density at radius 1 is 1.33 bits per heavy atom. The lowest BCUT2D eigenvalue weighted by Crippen LogP contribution is -2.41. The van der Waals surface area contributed by atoms with Gasteiger partial charge in [0.25, 0.3) is 11.7 Å². The van der Waals surface area contributed by atoms with Crippen molar-refractivity contribution < 1.29 is 4.79 Å². The van der Waals surface area contributed by atoms with E-state index < -0.39 is 5.54 Å². The van der Waals surface area contributed by atoms with E-state index in [0.717, 1.165) is 10.0 Å². The molecular weight excluding hydrogens is 298 g/mol. The fourth-order valence-corrected chi connectivity index (χ4v) is 1.80. The highest BCUT2D eigenvalue weighted by Crippen LogP contribution is 2.22. The van der Waals surface area contributed by atoms with Gasteiger partial charge in [0.1, 0.15) is 0 Å². The number of amides is 1. The van der Waals surface area contributed by atoms with Crippen LogP contribution in [0.2, 0.25) is 0 Å². The van der Waals surface area contributed by atoms with E-state index in [-0.39, 0.29) is 11.7 Å². The molecule has 0 bridgehead atoms. The monoisotopic (exact) mass is 309 g/mol. The van der Waals surface area contributed by atoms with E-state index in [4.69, 9.17) is 0 Å². The molecule has 1 aromatic heterocycles. The highest BCUT2D eigenvalue weighted by Gasteiger charge is 2.25. The van der Waals surface area contributed by atoms with Crippen LogP contribution < -0.4 is 5.32 Å². The lowest BCUT2D eigenvalue weighted by Gasteiger charge is -2.26. The van der Waals surface area contributed by atoms with Crippen molar-refractivity contribution in [2.45, 2.75) is 19.4 Å². The Balaban J connectivity index is 2.16. The molecule has 0 unspecified atom stereocenters. The van der Waals surface area contributed by atoms with Crippen molar-refractivity contribution in [1.29, 1.82) is 0 Å². The lowest BCUT2D eigenvalue weighted by molar-refractivity contribution is 0.0901. The van der Waals surface area contributed by atoms with Crippen molar-refractivity contribution >= 4 is 21.8 Å². The van der Waals surface area contributed by atoms with E-state index in [9.17, 15) is 4.79 Å². The molecule has 0 atom stereocenters. The Morgan fingerprint density at radius 2 is 2.00 bits per heavy atom. The summed E-state index contributed by atoms with van der Waals surface area (Å²) >= 11 is 3.37. The van der Waals surface area contributed by atoms with Crippen LogP contribution in [0.3, 0.4) is 0 Å². The third kappa shape index (κ3) is 2.73. The molecule has 1 amide bonds. The molecule has 0 saturated heterocycles. The molecule has 2 rings (SSSR count). The molecule has 0 radical (unpaired) electrons. The summed E-state index contributed by atoms with van der Waals surface area (Å²) in [4.78, 5) is 11.9. The summed E-state index contributed by atoms with van der Waals surface area (Å²) in [6.07, 6.45) is 0. The van der Waals surface area contributed by atoms with Gasteiger partial charge < -0.3 is 5.32 Å². The van der Waals surface area contributed by atoms with E-state index in [0.29, 0.717) is 0 Å². The Hall–Kier alpha value is -1.76. The Labute approximate surface area is 112 Å². The van der Waals surface area contributed by atoms with Gasteiger partial charge in [-0.25, -0.2) is 0 Å². The Morgan fingerprint density at radius 3 is 2.56 bits per heavy atom. The zero-order valence-electron chi connectivity index (χ0n) is 9.94. The number of aromatic nitrogens is 4. The standard InChI is InChI=1S/C11H12BrN5O/c1-11(2,7-3-5-8(12)6-4-7)13-10(18)9-14-16-17-15-9/h3-6H,1-2H3,(H,13,18)(H,14,15,16,17). The van der Waals surface area contributed by atoms with Gasteiger partial charge in [0.05, 0.1) is 5.54 Å². The fraction of sp³-hybridized carbons (Fsp3) is 0.273. The summed E-state index contributed by atoms with van der Waals surface area (Å²) in [5.41, 5.74) is 0.473. The van der Waals surface area contributed by atoms with Crippen LogP contribution in [0.25, 0.3) is 0 Å². The van der Waals surface area contributed by atoms with Gasteiger partial charge in [0, 0.05) is 4.47 Å². The van der Waals surface area contributed by atoms with Gasteiger partial charge in [-0.1, -0.05) is 28.1 Å². The molecule has 0 aliphatic carbocycles. The molecule has 7 heteroatoms. The van der Waals surface area contributed by atoms with Crippen LogP contribution >= 0.6 is 15.9 Å². The maximum atomic E-state index is 11.9. The van der Waals surface area contributed by atoms with Crippen molar-refractivity contribution in [3.63, 3.8) is 0 Å². The Kier molecular flexibility index (Phi) is 3.42. The predicted octanol–water partition coefficient (Wildman–Crippen LogP) is 1.63. The van der Waals surface area contributed by atoms with Crippen molar-refractivity contribution in [2.75, 3.05) is 0 Å². The largest absolute Gasteiger partial charge is 0.340 e. The van der Waals surface area contributed by atoms with Crippen molar-refractivity contribution in [1.82, 2.24) is 25.9 Å². The molecule has 0 aliphatic heterocycles. The first kappa shape index (κ1) is 12.7. The highest BCUT2D eigenvalue weighted by atomic mass is 79.9.